The lowest BCUT2D eigenvalue weighted by Gasteiger charge is -2.26. The van der Waals surface area contributed by atoms with E-state index in [0.29, 0.717) is 24.9 Å². The van der Waals surface area contributed by atoms with Crippen LogP contribution in [0.2, 0.25) is 0 Å². The highest BCUT2D eigenvalue weighted by Crippen LogP contribution is 2.60. The zero-order chi connectivity index (χ0) is 10.6. The Morgan fingerprint density at radius 2 is 1.38 bits per heavy atom. The summed E-state index contributed by atoms with van der Waals surface area (Å²) in [6.07, 6.45) is 0. The third kappa shape index (κ3) is 6.79. The molecular weight excluding hydrogens is 228 g/mol. The lowest BCUT2D eigenvalue weighted by atomic mass is 10.2. The zero-order valence-electron chi connectivity index (χ0n) is 8.63. The highest BCUT2D eigenvalue weighted by Gasteiger charge is 2.26. The molecule has 0 unspecified atom stereocenters. The molecule has 0 fully saturated rings. The van der Waals surface area contributed by atoms with Crippen LogP contribution in [0.1, 0.15) is 27.7 Å². The van der Waals surface area contributed by atoms with E-state index in [-0.39, 0.29) is 0 Å². The summed E-state index contributed by atoms with van der Waals surface area (Å²) >= 11 is 11.3. The Hall–Kier alpha value is 0.770. The fourth-order valence-electron chi connectivity index (χ4n) is 1.11. The maximum absolute atomic E-state index is 11.4. The summed E-state index contributed by atoms with van der Waals surface area (Å²) in [4.78, 5) is 0. The second-order valence-corrected chi connectivity index (χ2v) is 8.80. The molecule has 0 aliphatic rings. The topological polar surface area (TPSA) is 20.3 Å². The number of rotatable bonds is 5. The Balaban J connectivity index is 4.29. The second kappa shape index (κ2) is 5.60. The van der Waals surface area contributed by atoms with Gasteiger partial charge in [0.1, 0.15) is 0 Å². The van der Waals surface area contributed by atoms with Crippen LogP contribution in [0.4, 0.5) is 0 Å². The lowest BCUT2D eigenvalue weighted by molar-refractivity contribution is 0.343. The highest BCUT2D eigenvalue weighted by molar-refractivity contribution is 8.06. The monoisotopic (exact) mass is 245 g/mol. The number of hydrogen-bond donors (Lipinski definition) is 0. The summed E-state index contributed by atoms with van der Waals surface area (Å²) in [5, 5.41) is 0. The van der Waals surface area contributed by atoms with Crippen LogP contribution in [0, 0.1) is 11.8 Å². The first kappa shape index (κ1) is 13.8. The van der Waals surface area contributed by atoms with Crippen LogP contribution in [0.5, 0.6) is 0 Å². The van der Waals surface area contributed by atoms with E-state index in [4.69, 9.17) is 22.5 Å². The van der Waals surface area contributed by atoms with Gasteiger partial charge in [-0.15, -0.1) is 0 Å². The third-order valence-electron chi connectivity index (χ3n) is 1.48. The molecule has 5 heteroatoms. The average Bonchev–Trinajstić information content (AvgIpc) is 1.81. The Kier molecular flexibility index (Phi) is 5.93. The van der Waals surface area contributed by atoms with Crippen molar-refractivity contribution in [2.75, 3.05) is 13.1 Å². The molecular formula is C8H18Cl2NOP. The molecule has 0 atom stereocenters. The van der Waals surface area contributed by atoms with E-state index in [0.717, 1.165) is 0 Å². The first-order valence-corrected chi connectivity index (χ1v) is 7.95. The van der Waals surface area contributed by atoms with Crippen molar-refractivity contribution < 1.29 is 4.57 Å². The first-order chi connectivity index (χ1) is 5.73. The summed E-state index contributed by atoms with van der Waals surface area (Å²) in [6, 6.07) is 0. The summed E-state index contributed by atoms with van der Waals surface area (Å²) < 4.78 is 13.1. The SMILES string of the molecule is CC(C)CN(CC(C)C)P(=O)(Cl)Cl. The maximum atomic E-state index is 11.4. The minimum Gasteiger partial charge on any atom is -0.271 e. The molecule has 0 heterocycles. The van der Waals surface area contributed by atoms with Crippen molar-refractivity contribution in [3.63, 3.8) is 0 Å². The van der Waals surface area contributed by atoms with Crippen molar-refractivity contribution in [2.24, 2.45) is 11.8 Å². The number of nitrogens with zero attached hydrogens (tertiary/aromatic N) is 1. The summed E-state index contributed by atoms with van der Waals surface area (Å²) in [5.41, 5.74) is 0. The maximum Gasteiger partial charge on any atom is 0.322 e. The van der Waals surface area contributed by atoms with Crippen LogP contribution in [0.25, 0.3) is 0 Å². The van der Waals surface area contributed by atoms with Crippen LogP contribution in [-0.4, -0.2) is 17.8 Å². The predicted octanol–water partition coefficient (Wildman–Crippen LogP) is 4.19. The van der Waals surface area contributed by atoms with Crippen LogP contribution in [-0.2, 0) is 4.57 Å². The molecule has 0 spiro atoms. The van der Waals surface area contributed by atoms with Gasteiger partial charge in [0.2, 0.25) is 0 Å². The summed E-state index contributed by atoms with van der Waals surface area (Å²) in [5.74, 6) is -2.26. The molecule has 13 heavy (non-hydrogen) atoms. The van der Waals surface area contributed by atoms with Gasteiger partial charge < -0.3 is 0 Å². The van der Waals surface area contributed by atoms with Gasteiger partial charge in [-0.1, -0.05) is 27.7 Å². The van der Waals surface area contributed by atoms with Crippen LogP contribution < -0.4 is 0 Å². The zero-order valence-corrected chi connectivity index (χ0v) is 11.0. The van der Waals surface area contributed by atoms with Crippen molar-refractivity contribution >= 4 is 28.5 Å². The van der Waals surface area contributed by atoms with Gasteiger partial charge in [-0.05, 0) is 34.3 Å². The van der Waals surface area contributed by atoms with Crippen molar-refractivity contribution in [2.45, 2.75) is 27.7 Å². The standard InChI is InChI=1S/C8H18Cl2NOP/c1-7(2)5-11(6-8(3)4)13(9,10)12/h7-8H,5-6H2,1-4H3. The first-order valence-electron chi connectivity index (χ1n) is 4.48. The van der Waals surface area contributed by atoms with Crippen LogP contribution in [0.15, 0.2) is 0 Å². The Morgan fingerprint density at radius 1 is 1.08 bits per heavy atom. The van der Waals surface area contributed by atoms with E-state index in [1.807, 2.05) is 0 Å². The Labute approximate surface area is 90.6 Å². The van der Waals surface area contributed by atoms with E-state index < -0.39 is 6.00 Å². The number of halogens is 2. The average molecular weight is 246 g/mol. The lowest BCUT2D eigenvalue weighted by Crippen LogP contribution is -2.25. The van der Waals surface area contributed by atoms with E-state index in [9.17, 15) is 4.57 Å². The molecule has 0 saturated heterocycles. The molecule has 0 rings (SSSR count). The minimum absolute atomic E-state index is 0.421. The van der Waals surface area contributed by atoms with Gasteiger partial charge in [-0.25, -0.2) is 4.67 Å². The fourth-order valence-corrected chi connectivity index (χ4v) is 2.88. The highest BCUT2D eigenvalue weighted by atomic mass is 35.9. The molecule has 0 amide bonds. The van der Waals surface area contributed by atoms with Gasteiger partial charge in [-0.2, -0.15) is 0 Å². The van der Waals surface area contributed by atoms with Crippen molar-refractivity contribution in [1.82, 2.24) is 4.67 Å². The summed E-state index contributed by atoms with van der Waals surface area (Å²) in [7, 11) is 0. The van der Waals surface area contributed by atoms with Crippen molar-refractivity contribution in [3.8, 4) is 0 Å². The molecule has 0 aliphatic heterocycles. The molecule has 0 aromatic rings. The van der Waals surface area contributed by atoms with Gasteiger partial charge in [-0.3, -0.25) is 4.57 Å². The molecule has 0 aromatic carbocycles. The van der Waals surface area contributed by atoms with Gasteiger partial charge >= 0.3 is 6.00 Å². The predicted molar refractivity (Wildman–Crippen MR) is 60.6 cm³/mol. The largest absolute Gasteiger partial charge is 0.322 e. The van der Waals surface area contributed by atoms with Gasteiger partial charge in [0, 0.05) is 13.1 Å². The van der Waals surface area contributed by atoms with E-state index in [1.165, 1.54) is 0 Å². The second-order valence-electron chi connectivity index (χ2n) is 4.09. The molecule has 0 radical (unpaired) electrons. The summed E-state index contributed by atoms with van der Waals surface area (Å²) in [6.45, 7) is 9.58. The van der Waals surface area contributed by atoms with E-state index in [1.54, 1.807) is 4.67 Å². The van der Waals surface area contributed by atoms with E-state index in [2.05, 4.69) is 27.7 Å². The van der Waals surface area contributed by atoms with Gasteiger partial charge in [0.15, 0.2) is 0 Å². The van der Waals surface area contributed by atoms with Gasteiger partial charge in [0.05, 0.1) is 0 Å². The third-order valence-corrected chi connectivity index (χ3v) is 3.75. The number of hydrogen-bond acceptors (Lipinski definition) is 1. The smallest absolute Gasteiger partial charge is 0.271 e. The van der Waals surface area contributed by atoms with Crippen molar-refractivity contribution in [3.05, 3.63) is 0 Å². The fraction of sp³-hybridized carbons (Fsp3) is 1.00. The van der Waals surface area contributed by atoms with Crippen LogP contribution >= 0.6 is 28.5 Å². The Morgan fingerprint density at radius 3 is 1.54 bits per heavy atom. The molecule has 2 nitrogen and oxygen atoms in total. The van der Waals surface area contributed by atoms with E-state index >= 15 is 0 Å². The Bertz CT molecular complexity index is 181. The minimum atomic E-state index is -3.11. The molecule has 0 aromatic heterocycles. The molecule has 0 bridgehead atoms. The van der Waals surface area contributed by atoms with Crippen molar-refractivity contribution in [1.29, 1.82) is 0 Å². The van der Waals surface area contributed by atoms with Gasteiger partial charge in [0.25, 0.3) is 0 Å². The molecule has 0 saturated carbocycles. The molecule has 80 valence electrons. The molecule has 0 N–H and O–H groups in total. The van der Waals surface area contributed by atoms with Crippen LogP contribution in [0.3, 0.4) is 0 Å². The quantitative estimate of drug-likeness (QED) is 0.678. The normalized spacial score (nSPS) is 13.3. The molecule has 0 aliphatic carbocycles.